The fourth-order valence-corrected chi connectivity index (χ4v) is 3.32. The van der Waals surface area contributed by atoms with E-state index in [1.807, 2.05) is 13.0 Å². The zero-order valence-electron chi connectivity index (χ0n) is 9.69. The number of nitrogens with one attached hydrogen (secondary N) is 1. The van der Waals surface area contributed by atoms with E-state index in [4.69, 9.17) is 0 Å². The molecule has 1 aromatic rings. The van der Waals surface area contributed by atoms with Crippen LogP contribution in [0.1, 0.15) is 18.4 Å². The van der Waals surface area contributed by atoms with E-state index in [1.165, 1.54) is 12.1 Å². The molecule has 1 aliphatic rings. The highest BCUT2D eigenvalue weighted by molar-refractivity contribution is 7.92. The zero-order chi connectivity index (χ0) is 12.5. The number of sulfone groups is 1. The lowest BCUT2D eigenvalue weighted by Gasteiger charge is -2.28. The molecular weight excluding hydrogens is 241 g/mol. The minimum atomic E-state index is -2.77. The third-order valence-corrected chi connectivity index (χ3v) is 4.86. The zero-order valence-corrected chi connectivity index (χ0v) is 10.5. The minimum absolute atomic E-state index is 0.0657. The first-order valence-corrected chi connectivity index (χ1v) is 7.48. The van der Waals surface area contributed by atoms with Gasteiger partial charge in [-0.25, -0.2) is 12.8 Å². The van der Waals surface area contributed by atoms with Gasteiger partial charge in [-0.1, -0.05) is 19.1 Å². The van der Waals surface area contributed by atoms with Crippen molar-refractivity contribution >= 4 is 9.84 Å². The first kappa shape index (κ1) is 12.5. The second-order valence-corrected chi connectivity index (χ2v) is 6.79. The normalized spacial score (nSPS) is 20.8. The maximum absolute atomic E-state index is 13.0. The third kappa shape index (κ3) is 3.26. The first-order valence-electron chi connectivity index (χ1n) is 5.65. The second kappa shape index (κ2) is 4.74. The molecule has 1 aromatic carbocycles. The molecule has 0 bridgehead atoms. The number of hydrogen-bond donors (Lipinski definition) is 1. The predicted octanol–water partition coefficient (Wildman–Crippen LogP) is 1.32. The van der Waals surface area contributed by atoms with Crippen molar-refractivity contribution in [1.29, 1.82) is 0 Å². The third-order valence-electron chi connectivity index (χ3n) is 3.04. The standard InChI is InChI=1S/C12H16FNO2S/c1-9(10-3-2-4-11(13)5-10)6-14-12-7-17(15,16)8-12/h2-5,9,12,14H,6-8H2,1H3. The molecule has 2 rings (SSSR count). The van der Waals surface area contributed by atoms with Crippen molar-refractivity contribution in [3.8, 4) is 0 Å². The van der Waals surface area contributed by atoms with Crippen molar-refractivity contribution < 1.29 is 12.8 Å². The van der Waals surface area contributed by atoms with Crippen LogP contribution in [0, 0.1) is 5.82 Å². The quantitative estimate of drug-likeness (QED) is 0.884. The summed E-state index contributed by atoms with van der Waals surface area (Å²) < 4.78 is 34.9. The maximum atomic E-state index is 13.0. The fraction of sp³-hybridized carbons (Fsp3) is 0.500. The summed E-state index contributed by atoms with van der Waals surface area (Å²) in [5.41, 5.74) is 0.930. The van der Waals surface area contributed by atoms with Crippen molar-refractivity contribution in [3.63, 3.8) is 0 Å². The van der Waals surface area contributed by atoms with E-state index in [0.717, 1.165) is 5.56 Å². The number of benzene rings is 1. The summed E-state index contributed by atoms with van der Waals surface area (Å²) in [7, 11) is -2.77. The van der Waals surface area contributed by atoms with Crippen LogP contribution >= 0.6 is 0 Å². The van der Waals surface area contributed by atoms with E-state index in [-0.39, 0.29) is 29.3 Å². The summed E-state index contributed by atoms with van der Waals surface area (Å²) in [4.78, 5) is 0. The Balaban J connectivity index is 1.84. The van der Waals surface area contributed by atoms with E-state index in [2.05, 4.69) is 5.32 Å². The highest BCUT2D eigenvalue weighted by Gasteiger charge is 2.32. The van der Waals surface area contributed by atoms with Gasteiger partial charge in [0.15, 0.2) is 9.84 Å². The Kier molecular flexibility index (Phi) is 3.49. The summed E-state index contributed by atoms with van der Waals surface area (Å²) in [6.07, 6.45) is 0. The summed E-state index contributed by atoms with van der Waals surface area (Å²) >= 11 is 0. The molecule has 1 fully saturated rings. The molecule has 1 aliphatic heterocycles. The molecule has 0 aliphatic carbocycles. The molecule has 1 saturated heterocycles. The molecule has 3 nitrogen and oxygen atoms in total. The smallest absolute Gasteiger partial charge is 0.153 e. The molecule has 1 heterocycles. The van der Waals surface area contributed by atoms with Gasteiger partial charge in [0.05, 0.1) is 11.5 Å². The van der Waals surface area contributed by atoms with Crippen LogP contribution in [-0.4, -0.2) is 32.5 Å². The van der Waals surface area contributed by atoms with Gasteiger partial charge in [-0.05, 0) is 23.6 Å². The molecule has 0 saturated carbocycles. The van der Waals surface area contributed by atoms with Crippen molar-refractivity contribution in [2.24, 2.45) is 0 Å². The molecule has 5 heteroatoms. The number of hydrogen-bond acceptors (Lipinski definition) is 3. The average molecular weight is 257 g/mol. The van der Waals surface area contributed by atoms with Gasteiger partial charge in [0.25, 0.3) is 0 Å². The van der Waals surface area contributed by atoms with Gasteiger partial charge >= 0.3 is 0 Å². The lowest BCUT2D eigenvalue weighted by molar-refractivity contribution is 0.496. The van der Waals surface area contributed by atoms with Crippen LogP contribution in [0.2, 0.25) is 0 Å². The van der Waals surface area contributed by atoms with Gasteiger partial charge < -0.3 is 5.32 Å². The highest BCUT2D eigenvalue weighted by Crippen LogP contribution is 2.17. The fourth-order valence-electron chi connectivity index (χ4n) is 1.96. The number of rotatable bonds is 4. The molecule has 1 atom stereocenters. The van der Waals surface area contributed by atoms with Crippen molar-refractivity contribution in [3.05, 3.63) is 35.6 Å². The van der Waals surface area contributed by atoms with Crippen molar-refractivity contribution in [2.45, 2.75) is 18.9 Å². The topological polar surface area (TPSA) is 46.2 Å². The van der Waals surface area contributed by atoms with Crippen LogP contribution < -0.4 is 5.32 Å². The second-order valence-electron chi connectivity index (χ2n) is 4.64. The SMILES string of the molecule is CC(CNC1CS(=O)(=O)C1)c1cccc(F)c1. The molecule has 0 spiro atoms. The molecule has 0 aromatic heterocycles. The van der Waals surface area contributed by atoms with E-state index < -0.39 is 9.84 Å². The lowest BCUT2D eigenvalue weighted by Crippen LogP contribution is -2.51. The lowest BCUT2D eigenvalue weighted by atomic mass is 10.0. The molecule has 0 amide bonds. The molecule has 1 unspecified atom stereocenters. The monoisotopic (exact) mass is 257 g/mol. The molecular formula is C12H16FNO2S. The van der Waals surface area contributed by atoms with E-state index in [9.17, 15) is 12.8 Å². The van der Waals surface area contributed by atoms with Crippen LogP contribution in [0.15, 0.2) is 24.3 Å². The Morgan fingerprint density at radius 1 is 1.47 bits per heavy atom. The van der Waals surface area contributed by atoms with Crippen molar-refractivity contribution in [1.82, 2.24) is 5.32 Å². The van der Waals surface area contributed by atoms with Crippen LogP contribution in [0.25, 0.3) is 0 Å². The molecule has 1 N–H and O–H groups in total. The predicted molar refractivity (Wildman–Crippen MR) is 65.3 cm³/mol. The Labute approximate surface area is 101 Å². The molecule has 0 radical (unpaired) electrons. The highest BCUT2D eigenvalue weighted by atomic mass is 32.2. The van der Waals surface area contributed by atoms with Crippen LogP contribution in [-0.2, 0) is 9.84 Å². The van der Waals surface area contributed by atoms with Gasteiger partial charge in [-0.2, -0.15) is 0 Å². The Morgan fingerprint density at radius 2 is 2.18 bits per heavy atom. The Hall–Kier alpha value is -0.940. The van der Waals surface area contributed by atoms with Gasteiger partial charge in [0.1, 0.15) is 5.82 Å². The summed E-state index contributed by atoms with van der Waals surface area (Å²) in [6.45, 7) is 2.67. The van der Waals surface area contributed by atoms with Crippen molar-refractivity contribution in [2.75, 3.05) is 18.1 Å². The summed E-state index contributed by atoms with van der Waals surface area (Å²) in [6, 6.07) is 6.57. The largest absolute Gasteiger partial charge is 0.311 e. The first-order chi connectivity index (χ1) is 7.96. The van der Waals surface area contributed by atoms with Gasteiger partial charge in [-0.3, -0.25) is 0 Å². The van der Waals surface area contributed by atoms with Crippen LogP contribution in [0.4, 0.5) is 4.39 Å². The van der Waals surface area contributed by atoms with Crippen LogP contribution in [0.5, 0.6) is 0 Å². The van der Waals surface area contributed by atoms with Gasteiger partial charge in [0.2, 0.25) is 0 Å². The molecule has 94 valence electrons. The van der Waals surface area contributed by atoms with E-state index in [1.54, 1.807) is 6.07 Å². The van der Waals surface area contributed by atoms with Crippen LogP contribution in [0.3, 0.4) is 0 Å². The molecule has 17 heavy (non-hydrogen) atoms. The summed E-state index contributed by atoms with van der Waals surface area (Å²) in [5.74, 6) is 0.390. The maximum Gasteiger partial charge on any atom is 0.153 e. The summed E-state index contributed by atoms with van der Waals surface area (Å²) in [5, 5.41) is 3.19. The van der Waals surface area contributed by atoms with Gasteiger partial charge in [-0.15, -0.1) is 0 Å². The minimum Gasteiger partial charge on any atom is -0.311 e. The number of halogens is 1. The van der Waals surface area contributed by atoms with E-state index >= 15 is 0 Å². The van der Waals surface area contributed by atoms with Gasteiger partial charge in [0, 0.05) is 12.6 Å². The average Bonchev–Trinajstić information content (AvgIpc) is 2.23. The van der Waals surface area contributed by atoms with E-state index in [0.29, 0.717) is 6.54 Å². The Morgan fingerprint density at radius 3 is 2.76 bits per heavy atom. The Bertz CT molecular complexity index is 489.